The molecular formula is C25H51O11P. The molecule has 1 aliphatic rings. The minimum absolute atomic E-state index is 0.114. The van der Waals surface area contributed by atoms with Crippen molar-refractivity contribution in [3.8, 4) is 0 Å². The van der Waals surface area contributed by atoms with Crippen LogP contribution in [0.1, 0.15) is 96.8 Å². The van der Waals surface area contributed by atoms with Gasteiger partial charge in [0.2, 0.25) is 0 Å². The summed E-state index contributed by atoms with van der Waals surface area (Å²) in [6, 6.07) is 0. The van der Waals surface area contributed by atoms with Crippen LogP contribution < -0.4 is 0 Å². The Morgan fingerprint density at radius 1 is 0.649 bits per heavy atom. The zero-order chi connectivity index (χ0) is 27.7. The second-order valence-electron chi connectivity index (χ2n) is 10.1. The van der Waals surface area contributed by atoms with Crippen molar-refractivity contribution in [2.24, 2.45) is 0 Å². The van der Waals surface area contributed by atoms with Crippen molar-refractivity contribution >= 4 is 7.82 Å². The normalized spacial score (nSPS) is 28.8. The van der Waals surface area contributed by atoms with Gasteiger partial charge in [-0.1, -0.05) is 90.4 Å². The van der Waals surface area contributed by atoms with E-state index in [9.17, 15) is 40.1 Å². The topological polar surface area (TPSA) is 186 Å². The first-order chi connectivity index (χ1) is 17.6. The van der Waals surface area contributed by atoms with Gasteiger partial charge in [-0.05, 0) is 6.42 Å². The van der Waals surface area contributed by atoms with Crippen molar-refractivity contribution in [1.29, 1.82) is 0 Å². The molecule has 0 amide bonds. The summed E-state index contributed by atoms with van der Waals surface area (Å²) in [6.07, 6.45) is 4.86. The van der Waals surface area contributed by atoms with Gasteiger partial charge in [-0.15, -0.1) is 0 Å². The third kappa shape index (κ3) is 14.7. The molecule has 8 atom stereocenters. The molecule has 222 valence electrons. The van der Waals surface area contributed by atoms with Crippen LogP contribution in [-0.4, -0.2) is 98.1 Å². The minimum Gasteiger partial charge on any atom is -0.388 e. The zero-order valence-corrected chi connectivity index (χ0v) is 23.2. The van der Waals surface area contributed by atoms with Crippen LogP contribution in [0.2, 0.25) is 0 Å². The van der Waals surface area contributed by atoms with Crippen LogP contribution in [0.3, 0.4) is 0 Å². The Kier molecular flexibility index (Phi) is 18.7. The van der Waals surface area contributed by atoms with Gasteiger partial charge in [-0.2, -0.15) is 0 Å². The maximum atomic E-state index is 12.1. The molecule has 0 saturated heterocycles. The summed E-state index contributed by atoms with van der Waals surface area (Å²) in [5, 5.41) is 58.5. The fraction of sp³-hybridized carbons (Fsp3) is 1.00. The number of phosphoric acid groups is 1. The molecule has 0 spiro atoms. The van der Waals surface area contributed by atoms with Crippen LogP contribution in [0.25, 0.3) is 0 Å². The molecule has 6 unspecified atom stereocenters. The second-order valence-corrected chi connectivity index (χ2v) is 11.5. The molecule has 37 heavy (non-hydrogen) atoms. The summed E-state index contributed by atoms with van der Waals surface area (Å²) in [7, 11) is -4.88. The molecular weight excluding hydrogens is 507 g/mol. The highest BCUT2D eigenvalue weighted by Gasteiger charge is 2.51. The Hall–Kier alpha value is -0.170. The van der Waals surface area contributed by atoms with E-state index in [2.05, 4.69) is 16.0 Å². The molecule has 7 N–H and O–H groups in total. The molecule has 0 bridgehead atoms. The number of unbranched alkanes of at least 4 members (excludes halogenated alkanes) is 13. The van der Waals surface area contributed by atoms with Crippen molar-refractivity contribution in [3.05, 3.63) is 0 Å². The number of aliphatic hydroxyl groups is 6. The number of aliphatic hydroxyl groups excluding tert-OH is 6. The monoisotopic (exact) mass is 558 g/mol. The van der Waals surface area contributed by atoms with E-state index in [0.717, 1.165) is 19.3 Å². The average molecular weight is 559 g/mol. The van der Waals surface area contributed by atoms with Gasteiger partial charge in [-0.25, -0.2) is 4.57 Å². The van der Waals surface area contributed by atoms with Crippen LogP contribution in [0.4, 0.5) is 0 Å². The number of ether oxygens (including phenoxy) is 1. The first-order valence-corrected chi connectivity index (χ1v) is 15.4. The van der Waals surface area contributed by atoms with Crippen LogP contribution in [-0.2, 0) is 18.3 Å². The predicted molar refractivity (Wildman–Crippen MR) is 138 cm³/mol. The molecule has 0 aromatic heterocycles. The maximum absolute atomic E-state index is 12.1. The van der Waals surface area contributed by atoms with Gasteiger partial charge in [-0.3, -0.25) is 9.05 Å². The number of rotatable bonds is 22. The van der Waals surface area contributed by atoms with E-state index >= 15 is 0 Å². The third-order valence-electron chi connectivity index (χ3n) is 6.71. The number of phosphoric ester groups is 1. The van der Waals surface area contributed by atoms with Crippen molar-refractivity contribution in [1.82, 2.24) is 0 Å². The summed E-state index contributed by atoms with van der Waals surface area (Å²) >= 11 is 0. The van der Waals surface area contributed by atoms with Crippen LogP contribution >= 0.6 is 7.82 Å². The highest BCUT2D eigenvalue weighted by molar-refractivity contribution is 7.47. The lowest BCUT2D eigenvalue weighted by atomic mass is 9.85. The molecule has 0 aliphatic heterocycles. The fourth-order valence-electron chi connectivity index (χ4n) is 4.35. The Morgan fingerprint density at radius 2 is 1.05 bits per heavy atom. The fourth-order valence-corrected chi connectivity index (χ4v) is 5.33. The molecule has 0 radical (unpaired) electrons. The third-order valence-corrected chi connectivity index (χ3v) is 7.70. The average Bonchev–Trinajstić information content (AvgIpc) is 2.87. The molecule has 1 aliphatic carbocycles. The molecule has 12 heteroatoms. The van der Waals surface area contributed by atoms with Gasteiger partial charge in [0, 0.05) is 6.61 Å². The molecule has 0 heterocycles. The summed E-state index contributed by atoms with van der Waals surface area (Å²) in [5.41, 5.74) is 0. The van der Waals surface area contributed by atoms with E-state index in [-0.39, 0.29) is 6.61 Å². The van der Waals surface area contributed by atoms with Crippen molar-refractivity contribution in [3.63, 3.8) is 0 Å². The summed E-state index contributed by atoms with van der Waals surface area (Å²) in [4.78, 5) is 9.81. The number of hydrogen-bond donors (Lipinski definition) is 7. The van der Waals surface area contributed by atoms with Crippen molar-refractivity contribution in [2.75, 3.05) is 19.8 Å². The second kappa shape index (κ2) is 19.8. The molecule has 0 aromatic rings. The van der Waals surface area contributed by atoms with Gasteiger partial charge in [0.25, 0.3) is 0 Å². The maximum Gasteiger partial charge on any atom is 0.472 e. The Morgan fingerprint density at radius 3 is 1.51 bits per heavy atom. The molecule has 1 fully saturated rings. The summed E-state index contributed by atoms with van der Waals surface area (Å²) in [5.74, 6) is 0. The first-order valence-electron chi connectivity index (χ1n) is 13.9. The van der Waals surface area contributed by atoms with Gasteiger partial charge >= 0.3 is 7.82 Å². The Labute approximate surface area is 221 Å². The predicted octanol–water partition coefficient (Wildman–Crippen LogP) is 2.17. The molecule has 0 aromatic carbocycles. The van der Waals surface area contributed by atoms with Gasteiger partial charge in [0.05, 0.1) is 13.2 Å². The first kappa shape index (κ1) is 34.9. The lowest BCUT2D eigenvalue weighted by Crippen LogP contribution is -2.64. The minimum atomic E-state index is -4.88. The molecule has 1 rings (SSSR count). The largest absolute Gasteiger partial charge is 0.472 e. The van der Waals surface area contributed by atoms with Crippen LogP contribution in [0.15, 0.2) is 0 Å². The zero-order valence-electron chi connectivity index (χ0n) is 22.3. The van der Waals surface area contributed by atoms with E-state index in [4.69, 9.17) is 4.74 Å². The quantitative estimate of drug-likeness (QED) is 0.0762. The Balaban J connectivity index is 2.03. The Bertz CT molecular complexity index is 595. The van der Waals surface area contributed by atoms with Crippen molar-refractivity contribution < 1.29 is 53.9 Å². The standard InChI is InChI=1S/C25H51O11P/c1-2-3-4-5-6-7-8-9-10-11-12-13-14-15-16-34-17-19(26)18-35-37(32,33)36-25-23(30)21(28)20(27)22(29)24(25)31/h19-31H,2-18H2,1H3,(H,32,33)/t19-,20?,21-,22?,23?,24?,25?/m1/s1. The van der Waals surface area contributed by atoms with E-state index in [0.29, 0.717) is 6.61 Å². The van der Waals surface area contributed by atoms with E-state index in [1.807, 2.05) is 0 Å². The van der Waals surface area contributed by atoms with Gasteiger partial charge < -0.3 is 40.3 Å². The van der Waals surface area contributed by atoms with Crippen LogP contribution in [0.5, 0.6) is 0 Å². The smallest absolute Gasteiger partial charge is 0.388 e. The van der Waals surface area contributed by atoms with E-state index in [1.165, 1.54) is 70.6 Å². The van der Waals surface area contributed by atoms with Gasteiger partial charge in [0.1, 0.15) is 42.7 Å². The lowest BCUT2D eigenvalue weighted by Gasteiger charge is -2.41. The highest BCUT2D eigenvalue weighted by Crippen LogP contribution is 2.47. The van der Waals surface area contributed by atoms with E-state index < -0.39 is 57.2 Å². The number of hydrogen-bond acceptors (Lipinski definition) is 10. The van der Waals surface area contributed by atoms with Gasteiger partial charge in [0.15, 0.2) is 0 Å². The summed E-state index contributed by atoms with van der Waals surface area (Å²) < 4.78 is 26.8. The lowest BCUT2D eigenvalue weighted by molar-refractivity contribution is -0.220. The molecule has 1 saturated carbocycles. The SMILES string of the molecule is CCCCCCCCCCCCCCCCOC[C@@H](O)COP(=O)(O)OC1C(O)C(O)C(O)[C@@H](O)C1O. The van der Waals surface area contributed by atoms with Crippen LogP contribution in [0, 0.1) is 0 Å². The van der Waals surface area contributed by atoms with Crippen molar-refractivity contribution in [2.45, 2.75) is 140 Å². The highest BCUT2D eigenvalue weighted by atomic mass is 31.2. The molecule has 11 nitrogen and oxygen atoms in total. The van der Waals surface area contributed by atoms with E-state index in [1.54, 1.807) is 0 Å². The summed E-state index contributed by atoms with van der Waals surface area (Å²) in [6.45, 7) is 1.96.